The number of carbonyl (C=O) groups is 1. The third-order valence-corrected chi connectivity index (χ3v) is 1.88. The quantitative estimate of drug-likeness (QED) is 0.663. The Hall–Kier alpha value is -0.370. The molecule has 2 atom stereocenters. The molecule has 0 heterocycles. The van der Waals surface area contributed by atoms with Gasteiger partial charge in [-0.2, -0.15) is 0 Å². The van der Waals surface area contributed by atoms with E-state index in [4.69, 9.17) is 5.11 Å². The summed E-state index contributed by atoms with van der Waals surface area (Å²) in [4.78, 5) is 11.4. The van der Waals surface area contributed by atoms with Gasteiger partial charge in [-0.1, -0.05) is 27.7 Å². The molecule has 11 heavy (non-hydrogen) atoms. The fraction of sp³-hybridized carbons (Fsp3) is 0.889. The minimum absolute atomic E-state index is 0.118. The van der Waals surface area contributed by atoms with E-state index in [1.807, 2.05) is 20.8 Å². The summed E-state index contributed by atoms with van der Waals surface area (Å²) >= 11 is 0. The molecular weight excluding hydrogens is 140 g/mol. The maximum Gasteiger partial charge on any atom is 0.143 e. The van der Waals surface area contributed by atoms with Crippen molar-refractivity contribution >= 4 is 5.78 Å². The number of hydrogen-bond donors (Lipinski definition) is 1. The Kier molecular flexibility index (Phi) is 3.24. The van der Waals surface area contributed by atoms with Crippen LogP contribution in [0.15, 0.2) is 0 Å². The average molecular weight is 158 g/mol. The number of hydrogen-bond acceptors (Lipinski definition) is 2. The van der Waals surface area contributed by atoms with Gasteiger partial charge in [0.2, 0.25) is 0 Å². The fourth-order valence-corrected chi connectivity index (χ4v) is 0.902. The van der Waals surface area contributed by atoms with Crippen LogP contribution in [-0.4, -0.2) is 17.0 Å². The highest BCUT2D eigenvalue weighted by molar-refractivity contribution is 5.86. The van der Waals surface area contributed by atoms with E-state index in [-0.39, 0.29) is 17.1 Å². The maximum atomic E-state index is 11.4. The molecule has 0 amide bonds. The van der Waals surface area contributed by atoms with E-state index in [1.54, 1.807) is 13.8 Å². The molecular formula is C9H18O2. The fourth-order valence-electron chi connectivity index (χ4n) is 0.902. The van der Waals surface area contributed by atoms with Crippen molar-refractivity contribution in [3.8, 4) is 0 Å². The highest BCUT2D eigenvalue weighted by Crippen LogP contribution is 2.21. The number of aliphatic hydroxyl groups is 1. The van der Waals surface area contributed by atoms with Crippen LogP contribution < -0.4 is 0 Å². The smallest absolute Gasteiger partial charge is 0.143 e. The SMILES string of the molecule is C[C@H](O)[C@@H](C)C(=O)C(C)(C)C. The van der Waals surface area contributed by atoms with Gasteiger partial charge in [-0.05, 0) is 6.92 Å². The molecule has 0 aromatic rings. The van der Waals surface area contributed by atoms with Crippen molar-refractivity contribution in [2.75, 3.05) is 0 Å². The van der Waals surface area contributed by atoms with E-state index in [9.17, 15) is 4.79 Å². The predicted octanol–water partition coefficient (Wildman–Crippen LogP) is 1.62. The summed E-state index contributed by atoms with van der Waals surface area (Å²) in [6.07, 6.45) is -0.540. The summed E-state index contributed by atoms with van der Waals surface area (Å²) in [6, 6.07) is 0. The molecule has 66 valence electrons. The topological polar surface area (TPSA) is 37.3 Å². The highest BCUT2D eigenvalue weighted by atomic mass is 16.3. The number of carbonyl (C=O) groups excluding carboxylic acids is 1. The summed E-state index contributed by atoms with van der Waals surface area (Å²) in [7, 11) is 0. The van der Waals surface area contributed by atoms with Crippen LogP contribution in [0.4, 0.5) is 0 Å². The molecule has 0 spiro atoms. The second kappa shape index (κ2) is 3.35. The van der Waals surface area contributed by atoms with Gasteiger partial charge in [-0.15, -0.1) is 0 Å². The van der Waals surface area contributed by atoms with Crippen molar-refractivity contribution in [2.24, 2.45) is 11.3 Å². The Morgan fingerprint density at radius 2 is 1.64 bits per heavy atom. The Morgan fingerprint density at radius 1 is 1.27 bits per heavy atom. The van der Waals surface area contributed by atoms with E-state index in [0.29, 0.717) is 0 Å². The van der Waals surface area contributed by atoms with Crippen LogP contribution in [0.25, 0.3) is 0 Å². The molecule has 0 aliphatic carbocycles. The van der Waals surface area contributed by atoms with Gasteiger partial charge in [-0.25, -0.2) is 0 Å². The zero-order chi connectivity index (χ0) is 9.23. The van der Waals surface area contributed by atoms with Crippen molar-refractivity contribution in [1.29, 1.82) is 0 Å². The molecule has 0 saturated carbocycles. The summed E-state index contributed by atoms with van der Waals surface area (Å²) in [5.41, 5.74) is -0.337. The molecule has 0 aromatic carbocycles. The lowest BCUT2D eigenvalue weighted by molar-refractivity contribution is -0.132. The van der Waals surface area contributed by atoms with Crippen molar-refractivity contribution < 1.29 is 9.90 Å². The van der Waals surface area contributed by atoms with Gasteiger partial charge in [0.15, 0.2) is 0 Å². The monoisotopic (exact) mass is 158 g/mol. The Labute approximate surface area is 68.6 Å². The summed E-state index contributed by atoms with van der Waals surface area (Å²) in [6.45, 7) is 9.02. The zero-order valence-corrected chi connectivity index (χ0v) is 8.01. The third kappa shape index (κ3) is 3.02. The highest BCUT2D eigenvalue weighted by Gasteiger charge is 2.28. The number of ketones is 1. The van der Waals surface area contributed by atoms with Gasteiger partial charge in [-0.3, -0.25) is 4.79 Å². The van der Waals surface area contributed by atoms with Gasteiger partial charge in [0, 0.05) is 11.3 Å². The molecule has 0 unspecified atom stereocenters. The predicted molar refractivity (Wildman–Crippen MR) is 45.3 cm³/mol. The number of aliphatic hydroxyl groups excluding tert-OH is 1. The summed E-state index contributed by atoms with van der Waals surface area (Å²) < 4.78 is 0. The molecule has 1 N–H and O–H groups in total. The van der Waals surface area contributed by atoms with Gasteiger partial charge in [0.1, 0.15) is 5.78 Å². The van der Waals surface area contributed by atoms with Crippen LogP contribution in [0, 0.1) is 11.3 Å². The molecule has 2 heteroatoms. The van der Waals surface area contributed by atoms with Crippen molar-refractivity contribution in [1.82, 2.24) is 0 Å². The normalized spacial score (nSPS) is 17.6. The first kappa shape index (κ1) is 10.6. The molecule has 0 fully saturated rings. The van der Waals surface area contributed by atoms with Crippen LogP contribution >= 0.6 is 0 Å². The summed E-state index contributed by atoms with van der Waals surface area (Å²) in [5, 5.41) is 9.13. The minimum Gasteiger partial charge on any atom is -0.393 e. The Bertz CT molecular complexity index is 142. The van der Waals surface area contributed by atoms with Crippen molar-refractivity contribution in [2.45, 2.75) is 40.7 Å². The average Bonchev–Trinajstić information content (AvgIpc) is 1.82. The Morgan fingerprint density at radius 3 is 1.73 bits per heavy atom. The molecule has 0 radical (unpaired) electrons. The Balaban J connectivity index is 4.26. The summed E-state index contributed by atoms with van der Waals surface area (Å²) in [5.74, 6) is -0.137. The van der Waals surface area contributed by atoms with Crippen molar-refractivity contribution in [3.05, 3.63) is 0 Å². The standard InChI is InChI=1S/C9H18O2/c1-6(7(2)10)8(11)9(3,4)5/h6-7,10H,1-5H3/t6-,7+/m1/s1. The van der Waals surface area contributed by atoms with E-state index >= 15 is 0 Å². The number of Topliss-reactive ketones (excluding diaryl/α,β-unsaturated/α-hetero) is 1. The largest absolute Gasteiger partial charge is 0.393 e. The molecule has 0 aliphatic rings. The van der Waals surface area contributed by atoms with E-state index in [2.05, 4.69) is 0 Å². The first-order valence-electron chi connectivity index (χ1n) is 3.99. The lowest BCUT2D eigenvalue weighted by Crippen LogP contribution is -2.32. The second-order valence-corrected chi connectivity index (χ2v) is 4.14. The van der Waals surface area contributed by atoms with Crippen LogP contribution in [-0.2, 0) is 4.79 Å². The van der Waals surface area contributed by atoms with Gasteiger partial charge in [0.25, 0.3) is 0 Å². The first-order chi connectivity index (χ1) is 4.76. The third-order valence-electron chi connectivity index (χ3n) is 1.88. The molecule has 2 nitrogen and oxygen atoms in total. The molecule has 0 bridgehead atoms. The molecule has 0 rings (SSSR count). The zero-order valence-electron chi connectivity index (χ0n) is 8.01. The van der Waals surface area contributed by atoms with E-state index in [1.165, 1.54) is 0 Å². The van der Waals surface area contributed by atoms with Crippen molar-refractivity contribution in [3.63, 3.8) is 0 Å². The van der Waals surface area contributed by atoms with Crippen LogP contribution in [0.5, 0.6) is 0 Å². The van der Waals surface area contributed by atoms with Gasteiger partial charge in [0.05, 0.1) is 6.10 Å². The maximum absolute atomic E-state index is 11.4. The van der Waals surface area contributed by atoms with Gasteiger partial charge < -0.3 is 5.11 Å². The van der Waals surface area contributed by atoms with E-state index in [0.717, 1.165) is 0 Å². The van der Waals surface area contributed by atoms with Gasteiger partial charge >= 0.3 is 0 Å². The molecule has 0 aliphatic heterocycles. The molecule has 0 saturated heterocycles. The lowest BCUT2D eigenvalue weighted by Gasteiger charge is -2.23. The minimum atomic E-state index is -0.540. The molecule has 0 aromatic heterocycles. The number of rotatable bonds is 2. The lowest BCUT2D eigenvalue weighted by atomic mass is 9.82. The van der Waals surface area contributed by atoms with Crippen LogP contribution in [0.3, 0.4) is 0 Å². The van der Waals surface area contributed by atoms with Crippen LogP contribution in [0.2, 0.25) is 0 Å². The first-order valence-corrected chi connectivity index (χ1v) is 3.99. The second-order valence-electron chi connectivity index (χ2n) is 4.14. The van der Waals surface area contributed by atoms with E-state index < -0.39 is 6.10 Å². The van der Waals surface area contributed by atoms with Crippen LogP contribution in [0.1, 0.15) is 34.6 Å².